The molecular weight excluding hydrogens is 318 g/mol. The number of likely N-dealkylation sites (N-methyl/N-ethyl adjacent to an activating group) is 1. The first-order valence-electron chi connectivity index (χ1n) is 7.18. The fraction of sp³-hybridized carbons (Fsp3) is 0.667. The minimum Gasteiger partial charge on any atom is -0.340 e. The van der Waals surface area contributed by atoms with Gasteiger partial charge >= 0.3 is 0 Å². The van der Waals surface area contributed by atoms with Crippen LogP contribution in [0.25, 0.3) is 0 Å². The van der Waals surface area contributed by atoms with Gasteiger partial charge in [-0.05, 0) is 56.4 Å². The lowest BCUT2D eigenvalue weighted by Crippen LogP contribution is -2.38. The number of hydrogen-bond acceptors (Lipinski definition) is 2. The second kappa shape index (κ2) is 7.84. The van der Waals surface area contributed by atoms with Crippen LogP contribution >= 0.6 is 15.9 Å². The Labute approximate surface area is 130 Å². The molecule has 0 saturated carbocycles. The molecule has 5 heteroatoms. The molecule has 0 unspecified atom stereocenters. The Morgan fingerprint density at radius 1 is 1.30 bits per heavy atom. The van der Waals surface area contributed by atoms with Crippen molar-refractivity contribution in [1.29, 1.82) is 0 Å². The predicted octanol–water partition coefficient (Wildman–Crippen LogP) is 3.25. The zero-order chi connectivity index (χ0) is 15.3. The number of amides is 1. The van der Waals surface area contributed by atoms with Crippen LogP contribution in [0, 0.1) is 0 Å². The van der Waals surface area contributed by atoms with E-state index in [1.807, 2.05) is 35.8 Å². The van der Waals surface area contributed by atoms with E-state index in [2.05, 4.69) is 41.6 Å². The summed E-state index contributed by atoms with van der Waals surface area (Å²) in [5, 5.41) is 0. The third-order valence-corrected chi connectivity index (χ3v) is 3.62. The maximum absolute atomic E-state index is 12.8. The highest BCUT2D eigenvalue weighted by Crippen LogP contribution is 2.20. The third kappa shape index (κ3) is 4.63. The summed E-state index contributed by atoms with van der Waals surface area (Å²) in [6.45, 7) is 8.73. The summed E-state index contributed by atoms with van der Waals surface area (Å²) >= 11 is 3.47. The third-order valence-electron chi connectivity index (χ3n) is 3.19. The van der Waals surface area contributed by atoms with Gasteiger partial charge in [-0.3, -0.25) is 4.79 Å². The quantitative estimate of drug-likeness (QED) is 0.760. The molecule has 0 aliphatic carbocycles. The average Bonchev–Trinajstić information content (AvgIpc) is 2.75. The topological polar surface area (TPSA) is 28.5 Å². The first-order valence-corrected chi connectivity index (χ1v) is 7.97. The van der Waals surface area contributed by atoms with Gasteiger partial charge in [0.2, 0.25) is 0 Å². The summed E-state index contributed by atoms with van der Waals surface area (Å²) in [5.41, 5.74) is 0.763. The molecule has 0 saturated heterocycles. The maximum atomic E-state index is 12.8. The van der Waals surface area contributed by atoms with Crippen LogP contribution in [0.4, 0.5) is 0 Å². The monoisotopic (exact) mass is 343 g/mol. The van der Waals surface area contributed by atoms with Gasteiger partial charge in [0, 0.05) is 36.3 Å². The smallest absolute Gasteiger partial charge is 0.270 e. The van der Waals surface area contributed by atoms with Gasteiger partial charge in [0.15, 0.2) is 0 Å². The number of rotatable bonds is 7. The molecule has 0 atom stereocenters. The predicted molar refractivity (Wildman–Crippen MR) is 87.3 cm³/mol. The van der Waals surface area contributed by atoms with E-state index in [-0.39, 0.29) is 11.9 Å². The lowest BCUT2D eigenvalue weighted by atomic mass is 10.3. The minimum atomic E-state index is 0.119. The van der Waals surface area contributed by atoms with Crippen LogP contribution in [-0.4, -0.2) is 54.0 Å². The Bertz CT molecular complexity index is 440. The molecule has 1 amide bonds. The number of nitrogens with zero attached hydrogens (tertiary/aromatic N) is 3. The van der Waals surface area contributed by atoms with Crippen molar-refractivity contribution < 1.29 is 4.79 Å². The van der Waals surface area contributed by atoms with Crippen LogP contribution in [0.3, 0.4) is 0 Å². The molecule has 0 aromatic carbocycles. The Balaban J connectivity index is 2.93. The van der Waals surface area contributed by atoms with Crippen LogP contribution in [0.1, 0.15) is 43.7 Å². The molecule has 1 aromatic heterocycles. The Morgan fingerprint density at radius 3 is 2.45 bits per heavy atom. The highest BCUT2D eigenvalue weighted by molar-refractivity contribution is 9.10. The first-order chi connectivity index (χ1) is 9.36. The molecule has 1 heterocycles. The van der Waals surface area contributed by atoms with E-state index in [1.54, 1.807) is 0 Å². The molecule has 0 bridgehead atoms. The normalized spacial score (nSPS) is 11.4. The van der Waals surface area contributed by atoms with Crippen LogP contribution in [-0.2, 0) is 0 Å². The molecule has 0 aliphatic heterocycles. The molecule has 1 rings (SSSR count). The van der Waals surface area contributed by atoms with E-state index in [0.29, 0.717) is 0 Å². The second-order valence-electron chi connectivity index (χ2n) is 5.64. The average molecular weight is 344 g/mol. The number of halogens is 1. The summed E-state index contributed by atoms with van der Waals surface area (Å²) in [7, 11) is 4.06. The molecule has 0 spiro atoms. The van der Waals surface area contributed by atoms with Gasteiger partial charge in [-0.25, -0.2) is 0 Å². The first kappa shape index (κ1) is 17.2. The van der Waals surface area contributed by atoms with E-state index in [4.69, 9.17) is 0 Å². The van der Waals surface area contributed by atoms with E-state index in [9.17, 15) is 4.79 Å². The Morgan fingerprint density at radius 2 is 1.95 bits per heavy atom. The minimum absolute atomic E-state index is 0.119. The number of aromatic nitrogens is 1. The summed E-state index contributed by atoms with van der Waals surface area (Å²) in [5.74, 6) is 0.119. The molecule has 1 aromatic rings. The second-order valence-corrected chi connectivity index (χ2v) is 6.56. The lowest BCUT2D eigenvalue weighted by molar-refractivity contribution is 0.0732. The highest BCUT2D eigenvalue weighted by atomic mass is 79.9. The summed E-state index contributed by atoms with van der Waals surface area (Å²) in [4.78, 5) is 16.8. The van der Waals surface area contributed by atoms with Crippen molar-refractivity contribution in [2.45, 2.75) is 33.2 Å². The fourth-order valence-electron chi connectivity index (χ4n) is 2.11. The van der Waals surface area contributed by atoms with Crippen molar-refractivity contribution in [2.75, 3.05) is 33.7 Å². The molecule has 0 radical (unpaired) electrons. The van der Waals surface area contributed by atoms with Crippen LogP contribution in [0.15, 0.2) is 16.7 Å². The zero-order valence-corrected chi connectivity index (χ0v) is 14.8. The molecule has 0 aliphatic rings. The van der Waals surface area contributed by atoms with Gasteiger partial charge in [0.1, 0.15) is 5.69 Å². The Hall–Kier alpha value is -0.810. The van der Waals surface area contributed by atoms with Crippen LogP contribution < -0.4 is 0 Å². The standard InChI is InChI=1S/C15H26BrN3O/c1-6-7-18(9-8-17(4)5)15(20)14-10-13(16)11-19(14)12(2)3/h10-12H,6-9H2,1-5H3. The Kier molecular flexibility index (Phi) is 6.76. The molecular formula is C15H26BrN3O. The van der Waals surface area contributed by atoms with E-state index in [0.717, 1.165) is 36.2 Å². The van der Waals surface area contributed by atoms with Gasteiger partial charge < -0.3 is 14.4 Å². The number of hydrogen-bond donors (Lipinski definition) is 0. The van der Waals surface area contributed by atoms with Gasteiger partial charge in [0.25, 0.3) is 5.91 Å². The molecule has 20 heavy (non-hydrogen) atoms. The van der Waals surface area contributed by atoms with Crippen LogP contribution in [0.2, 0.25) is 0 Å². The van der Waals surface area contributed by atoms with Gasteiger partial charge in [-0.15, -0.1) is 0 Å². The maximum Gasteiger partial charge on any atom is 0.270 e. The van der Waals surface area contributed by atoms with Crippen molar-refractivity contribution in [1.82, 2.24) is 14.4 Å². The molecule has 4 nitrogen and oxygen atoms in total. The van der Waals surface area contributed by atoms with Crippen molar-refractivity contribution in [2.24, 2.45) is 0 Å². The fourth-order valence-corrected chi connectivity index (χ4v) is 2.55. The summed E-state index contributed by atoms with van der Waals surface area (Å²) in [6.07, 6.45) is 2.96. The molecule has 0 fully saturated rings. The van der Waals surface area contributed by atoms with Gasteiger partial charge in [-0.1, -0.05) is 6.92 Å². The van der Waals surface area contributed by atoms with Crippen molar-refractivity contribution in [3.05, 3.63) is 22.4 Å². The van der Waals surface area contributed by atoms with E-state index in [1.165, 1.54) is 0 Å². The van der Waals surface area contributed by atoms with Crippen LogP contribution in [0.5, 0.6) is 0 Å². The van der Waals surface area contributed by atoms with E-state index >= 15 is 0 Å². The van der Waals surface area contributed by atoms with Crippen molar-refractivity contribution in [3.8, 4) is 0 Å². The van der Waals surface area contributed by atoms with Gasteiger partial charge in [-0.2, -0.15) is 0 Å². The number of carbonyl (C=O) groups excluding carboxylic acids is 1. The van der Waals surface area contributed by atoms with Crippen molar-refractivity contribution >= 4 is 21.8 Å². The molecule has 114 valence electrons. The highest BCUT2D eigenvalue weighted by Gasteiger charge is 2.20. The lowest BCUT2D eigenvalue weighted by Gasteiger charge is -2.25. The summed E-state index contributed by atoms with van der Waals surface area (Å²) < 4.78 is 2.99. The zero-order valence-electron chi connectivity index (χ0n) is 13.2. The largest absolute Gasteiger partial charge is 0.340 e. The van der Waals surface area contributed by atoms with Gasteiger partial charge in [0.05, 0.1) is 0 Å². The summed E-state index contributed by atoms with van der Waals surface area (Å²) in [6, 6.07) is 2.19. The van der Waals surface area contributed by atoms with Crippen molar-refractivity contribution in [3.63, 3.8) is 0 Å². The number of carbonyl (C=O) groups is 1. The van der Waals surface area contributed by atoms with E-state index < -0.39 is 0 Å². The molecule has 0 N–H and O–H groups in total. The SMILES string of the molecule is CCCN(CCN(C)C)C(=O)c1cc(Br)cn1C(C)C.